The Bertz CT molecular complexity index is 848. The van der Waals surface area contributed by atoms with Gasteiger partial charge in [0.15, 0.2) is 5.84 Å². The van der Waals surface area contributed by atoms with Crippen LogP contribution in [0.3, 0.4) is 0 Å². The standard InChI is InChI=1S/C20H18N4.ClH/c1-16-12-14-17(15-13-16)20-21-23(18-8-4-2-5-9-18)24(22-20)19-10-6-3-7-11-19;/h2-15H,1H3,(H,21,22);1H. The molecule has 0 unspecified atom stereocenters. The van der Waals surface area contributed by atoms with Crippen molar-refractivity contribution in [1.82, 2.24) is 5.43 Å². The van der Waals surface area contributed by atoms with Gasteiger partial charge in [-0.1, -0.05) is 66.2 Å². The van der Waals surface area contributed by atoms with E-state index >= 15 is 0 Å². The number of aryl methyl sites for hydroxylation is 1. The number of hydrazone groups is 1. The molecule has 25 heavy (non-hydrogen) atoms. The largest absolute Gasteiger partial charge is 0.259 e. The third kappa shape index (κ3) is 3.44. The van der Waals surface area contributed by atoms with Gasteiger partial charge in [-0.05, 0) is 31.2 Å². The summed E-state index contributed by atoms with van der Waals surface area (Å²) in [6.07, 6.45) is 0. The Morgan fingerprint density at radius 2 is 1.28 bits per heavy atom. The number of hydrogen-bond donors (Lipinski definition) is 1. The molecule has 0 saturated carbocycles. The van der Waals surface area contributed by atoms with E-state index in [9.17, 15) is 0 Å². The third-order valence-electron chi connectivity index (χ3n) is 3.91. The predicted molar refractivity (Wildman–Crippen MR) is 106 cm³/mol. The van der Waals surface area contributed by atoms with Gasteiger partial charge >= 0.3 is 0 Å². The van der Waals surface area contributed by atoms with E-state index in [0.717, 1.165) is 22.8 Å². The lowest BCUT2D eigenvalue weighted by Gasteiger charge is -2.27. The summed E-state index contributed by atoms with van der Waals surface area (Å²) in [5.41, 5.74) is 7.71. The van der Waals surface area contributed by atoms with E-state index < -0.39 is 0 Å². The lowest BCUT2D eigenvalue weighted by Crippen LogP contribution is -2.44. The van der Waals surface area contributed by atoms with Gasteiger partial charge in [0.25, 0.3) is 0 Å². The van der Waals surface area contributed by atoms with Crippen molar-refractivity contribution in [2.75, 3.05) is 10.2 Å². The van der Waals surface area contributed by atoms with E-state index in [0.29, 0.717) is 0 Å². The van der Waals surface area contributed by atoms with Gasteiger partial charge in [-0.2, -0.15) is 10.2 Å². The van der Waals surface area contributed by atoms with Crippen molar-refractivity contribution in [2.45, 2.75) is 6.92 Å². The molecule has 0 fully saturated rings. The summed E-state index contributed by atoms with van der Waals surface area (Å²) in [5, 5.41) is 8.61. The zero-order valence-electron chi connectivity index (χ0n) is 13.8. The van der Waals surface area contributed by atoms with E-state index in [2.05, 4.69) is 48.7 Å². The molecular weight excluding hydrogens is 332 g/mol. The Morgan fingerprint density at radius 1 is 0.720 bits per heavy atom. The van der Waals surface area contributed by atoms with E-state index in [1.807, 2.05) is 58.8 Å². The maximum Gasteiger partial charge on any atom is 0.176 e. The van der Waals surface area contributed by atoms with Gasteiger partial charge in [-0.15, -0.1) is 17.5 Å². The van der Waals surface area contributed by atoms with Gasteiger partial charge in [0.05, 0.1) is 11.4 Å². The number of rotatable bonds is 3. The molecule has 0 atom stereocenters. The summed E-state index contributed by atoms with van der Waals surface area (Å²) in [7, 11) is 0. The molecule has 4 nitrogen and oxygen atoms in total. The normalized spacial score (nSPS) is 13.1. The highest BCUT2D eigenvalue weighted by Gasteiger charge is 2.25. The minimum absolute atomic E-state index is 0. The van der Waals surface area contributed by atoms with E-state index in [1.54, 1.807) is 0 Å². The molecule has 4 rings (SSSR count). The van der Waals surface area contributed by atoms with Crippen molar-refractivity contribution in [2.24, 2.45) is 5.10 Å². The Hall–Kier alpha value is -2.98. The molecule has 0 bridgehead atoms. The van der Waals surface area contributed by atoms with Crippen LogP contribution in [-0.2, 0) is 0 Å². The zero-order chi connectivity index (χ0) is 16.4. The summed E-state index contributed by atoms with van der Waals surface area (Å²) < 4.78 is 0. The number of para-hydroxylation sites is 2. The molecular formula is C20H19ClN4. The average Bonchev–Trinajstić information content (AvgIpc) is 3.09. The Balaban J connectivity index is 0.00000182. The minimum atomic E-state index is 0. The molecule has 3 aromatic rings. The summed E-state index contributed by atoms with van der Waals surface area (Å²) in [6, 6.07) is 28.6. The molecule has 0 radical (unpaired) electrons. The molecule has 0 amide bonds. The summed E-state index contributed by atoms with van der Waals surface area (Å²) in [6.45, 7) is 2.08. The Labute approximate surface area is 153 Å². The van der Waals surface area contributed by atoms with Gasteiger partial charge in [-0.25, -0.2) is 0 Å². The second-order valence-corrected chi connectivity index (χ2v) is 5.70. The highest BCUT2D eigenvalue weighted by Crippen LogP contribution is 2.25. The van der Waals surface area contributed by atoms with Crippen molar-refractivity contribution < 1.29 is 0 Å². The number of amidine groups is 1. The molecule has 1 aliphatic heterocycles. The monoisotopic (exact) mass is 350 g/mol. The number of hydrogen-bond acceptors (Lipinski definition) is 4. The number of hydrazine groups is 2. The van der Waals surface area contributed by atoms with Crippen LogP contribution in [0.5, 0.6) is 0 Å². The first-order valence-electron chi connectivity index (χ1n) is 7.94. The van der Waals surface area contributed by atoms with Gasteiger partial charge in [0, 0.05) is 5.56 Å². The number of nitrogens with zero attached hydrogens (tertiary/aromatic N) is 3. The van der Waals surface area contributed by atoms with Crippen LogP contribution in [0.1, 0.15) is 11.1 Å². The fourth-order valence-corrected chi connectivity index (χ4v) is 2.62. The second kappa shape index (κ2) is 7.28. The minimum Gasteiger partial charge on any atom is -0.259 e. The molecule has 1 aliphatic rings. The molecule has 0 aromatic heterocycles. The average molecular weight is 351 g/mol. The van der Waals surface area contributed by atoms with Crippen LogP contribution in [0.4, 0.5) is 11.4 Å². The van der Waals surface area contributed by atoms with Crippen LogP contribution in [0.15, 0.2) is 90.0 Å². The SMILES string of the molecule is Cc1ccc(C2=NN(c3ccccc3)N(c3ccccc3)N2)cc1.Cl. The lowest BCUT2D eigenvalue weighted by molar-refractivity contribution is 0.771. The van der Waals surface area contributed by atoms with Crippen molar-refractivity contribution in [1.29, 1.82) is 0 Å². The quantitative estimate of drug-likeness (QED) is 0.753. The highest BCUT2D eigenvalue weighted by molar-refractivity contribution is 6.02. The number of anilines is 2. The molecule has 126 valence electrons. The van der Waals surface area contributed by atoms with E-state index in [-0.39, 0.29) is 12.4 Å². The van der Waals surface area contributed by atoms with Gasteiger partial charge in [0.1, 0.15) is 0 Å². The van der Waals surface area contributed by atoms with Crippen LogP contribution in [0.25, 0.3) is 0 Å². The first-order chi connectivity index (χ1) is 11.8. The van der Waals surface area contributed by atoms with Crippen molar-refractivity contribution in [3.63, 3.8) is 0 Å². The zero-order valence-corrected chi connectivity index (χ0v) is 14.6. The number of halogens is 1. The first-order valence-corrected chi connectivity index (χ1v) is 7.94. The van der Waals surface area contributed by atoms with Gasteiger partial charge in [0.2, 0.25) is 0 Å². The fraction of sp³-hybridized carbons (Fsp3) is 0.0500. The number of nitrogens with one attached hydrogen (secondary N) is 1. The van der Waals surface area contributed by atoms with Crippen LogP contribution in [-0.4, -0.2) is 5.84 Å². The first kappa shape index (κ1) is 16.9. The topological polar surface area (TPSA) is 30.9 Å². The fourth-order valence-electron chi connectivity index (χ4n) is 2.62. The lowest BCUT2D eigenvalue weighted by atomic mass is 10.1. The summed E-state index contributed by atoms with van der Waals surface area (Å²) >= 11 is 0. The maximum atomic E-state index is 4.78. The maximum absolute atomic E-state index is 4.78. The molecule has 1 heterocycles. The molecule has 3 aromatic carbocycles. The third-order valence-corrected chi connectivity index (χ3v) is 3.91. The van der Waals surface area contributed by atoms with Crippen LogP contribution in [0.2, 0.25) is 0 Å². The van der Waals surface area contributed by atoms with Crippen molar-refractivity contribution in [3.05, 3.63) is 96.1 Å². The van der Waals surface area contributed by atoms with Crippen LogP contribution < -0.4 is 15.7 Å². The van der Waals surface area contributed by atoms with Crippen molar-refractivity contribution >= 4 is 29.6 Å². The van der Waals surface area contributed by atoms with E-state index in [1.165, 1.54) is 5.56 Å². The molecule has 0 aliphatic carbocycles. The Kier molecular flexibility index (Phi) is 4.91. The van der Waals surface area contributed by atoms with Gasteiger partial charge < -0.3 is 0 Å². The molecule has 5 heteroatoms. The molecule has 0 spiro atoms. The molecule has 1 N–H and O–H groups in total. The van der Waals surface area contributed by atoms with Gasteiger partial charge in [-0.3, -0.25) is 5.43 Å². The second-order valence-electron chi connectivity index (χ2n) is 5.70. The van der Waals surface area contributed by atoms with E-state index in [4.69, 9.17) is 5.10 Å². The highest BCUT2D eigenvalue weighted by atomic mass is 35.5. The summed E-state index contributed by atoms with van der Waals surface area (Å²) in [5.74, 6) is 0.822. The van der Waals surface area contributed by atoms with Crippen molar-refractivity contribution in [3.8, 4) is 0 Å². The Morgan fingerprint density at radius 3 is 1.88 bits per heavy atom. The summed E-state index contributed by atoms with van der Waals surface area (Å²) in [4.78, 5) is 0. The molecule has 0 saturated heterocycles. The smallest absolute Gasteiger partial charge is 0.176 e. The van der Waals surface area contributed by atoms with Crippen LogP contribution in [0, 0.1) is 6.92 Å². The number of benzene rings is 3. The van der Waals surface area contributed by atoms with Crippen LogP contribution >= 0.6 is 12.4 Å². The predicted octanol–water partition coefficient (Wildman–Crippen LogP) is 4.52.